The quantitative estimate of drug-likeness (QED) is 0.831. The summed E-state index contributed by atoms with van der Waals surface area (Å²) in [5.74, 6) is -0.287. The summed E-state index contributed by atoms with van der Waals surface area (Å²) in [6.45, 7) is 3.88. The van der Waals surface area contributed by atoms with Crippen LogP contribution in [0.2, 0.25) is 0 Å². The van der Waals surface area contributed by atoms with E-state index >= 15 is 0 Å². The van der Waals surface area contributed by atoms with Gasteiger partial charge in [-0.15, -0.1) is 11.8 Å². The van der Waals surface area contributed by atoms with Crippen molar-refractivity contribution < 1.29 is 8.78 Å². The van der Waals surface area contributed by atoms with Gasteiger partial charge in [0.2, 0.25) is 0 Å². The van der Waals surface area contributed by atoms with Crippen molar-refractivity contribution >= 4 is 11.8 Å². The Bertz CT molecular complexity index is 389. The molecule has 94 valence electrons. The van der Waals surface area contributed by atoms with E-state index in [1.54, 1.807) is 6.07 Å². The molecule has 2 rings (SSSR count). The van der Waals surface area contributed by atoms with Crippen molar-refractivity contribution in [1.82, 2.24) is 5.32 Å². The Labute approximate surface area is 105 Å². The maximum atomic E-state index is 13.8. The van der Waals surface area contributed by atoms with E-state index in [-0.39, 0.29) is 0 Å². The molecule has 4 heteroatoms. The molecule has 0 atom stereocenters. The molecule has 0 unspecified atom stereocenters. The molecule has 0 spiro atoms. The summed E-state index contributed by atoms with van der Waals surface area (Å²) in [6, 6.07) is 3.01. The molecule has 1 saturated heterocycles. The van der Waals surface area contributed by atoms with Gasteiger partial charge in [0, 0.05) is 4.90 Å². The van der Waals surface area contributed by atoms with Gasteiger partial charge in [0.05, 0.1) is 0 Å². The zero-order valence-corrected chi connectivity index (χ0v) is 10.7. The second-order valence-corrected chi connectivity index (χ2v) is 5.51. The second-order valence-electron chi connectivity index (χ2n) is 4.24. The molecular formula is C13H17F2NS. The van der Waals surface area contributed by atoms with E-state index in [1.165, 1.54) is 17.8 Å². The van der Waals surface area contributed by atoms with E-state index in [0.717, 1.165) is 37.2 Å². The monoisotopic (exact) mass is 257 g/mol. The third-order valence-electron chi connectivity index (χ3n) is 3.15. The minimum absolute atomic E-state index is 0.361. The third-order valence-corrected chi connectivity index (χ3v) is 4.14. The van der Waals surface area contributed by atoms with Crippen molar-refractivity contribution in [2.75, 3.05) is 18.8 Å². The molecule has 0 amide bonds. The predicted molar refractivity (Wildman–Crippen MR) is 67.6 cm³/mol. The molecular weight excluding hydrogens is 240 g/mol. The number of hydrogen-bond donors (Lipinski definition) is 1. The number of rotatable bonds is 3. The SMILES string of the molecule is CCSc1c(C2CCNCC2)ccc(F)c1F. The van der Waals surface area contributed by atoms with Gasteiger partial charge in [-0.1, -0.05) is 13.0 Å². The molecule has 1 aliphatic heterocycles. The summed E-state index contributed by atoms with van der Waals surface area (Å²) in [4.78, 5) is 0.513. The van der Waals surface area contributed by atoms with Gasteiger partial charge in [-0.05, 0) is 49.2 Å². The van der Waals surface area contributed by atoms with E-state index in [1.807, 2.05) is 6.92 Å². The van der Waals surface area contributed by atoms with Gasteiger partial charge in [-0.3, -0.25) is 0 Å². The van der Waals surface area contributed by atoms with Crippen molar-refractivity contribution in [2.45, 2.75) is 30.6 Å². The molecule has 0 bridgehead atoms. The van der Waals surface area contributed by atoms with Crippen molar-refractivity contribution in [1.29, 1.82) is 0 Å². The highest BCUT2D eigenvalue weighted by atomic mass is 32.2. The Morgan fingerprint density at radius 3 is 2.65 bits per heavy atom. The van der Waals surface area contributed by atoms with E-state index < -0.39 is 11.6 Å². The van der Waals surface area contributed by atoms with Crippen molar-refractivity contribution in [3.8, 4) is 0 Å². The average molecular weight is 257 g/mol. The summed E-state index contributed by atoms with van der Waals surface area (Å²) in [6.07, 6.45) is 2.00. The van der Waals surface area contributed by atoms with Crippen LogP contribution in [0.15, 0.2) is 17.0 Å². The molecule has 0 aromatic heterocycles. The van der Waals surface area contributed by atoms with Crippen LogP contribution in [0.1, 0.15) is 31.2 Å². The van der Waals surface area contributed by atoms with E-state index in [0.29, 0.717) is 10.8 Å². The maximum Gasteiger partial charge on any atom is 0.172 e. The lowest BCUT2D eigenvalue weighted by molar-refractivity contribution is 0.442. The number of benzene rings is 1. The lowest BCUT2D eigenvalue weighted by Crippen LogP contribution is -2.27. The molecule has 1 heterocycles. The Balaban J connectivity index is 2.34. The smallest absolute Gasteiger partial charge is 0.172 e. The first-order valence-corrected chi connectivity index (χ1v) is 7.04. The van der Waals surface area contributed by atoms with Crippen LogP contribution in [0.5, 0.6) is 0 Å². The first kappa shape index (κ1) is 12.8. The third kappa shape index (κ3) is 2.80. The molecule has 17 heavy (non-hydrogen) atoms. The van der Waals surface area contributed by atoms with Gasteiger partial charge < -0.3 is 5.32 Å². The van der Waals surface area contributed by atoms with E-state index in [2.05, 4.69) is 5.32 Å². The highest BCUT2D eigenvalue weighted by molar-refractivity contribution is 7.99. The average Bonchev–Trinajstić information content (AvgIpc) is 2.36. The zero-order valence-electron chi connectivity index (χ0n) is 9.93. The number of nitrogens with one attached hydrogen (secondary N) is 1. The Kier molecular flexibility index (Phi) is 4.40. The number of hydrogen-bond acceptors (Lipinski definition) is 2. The second kappa shape index (κ2) is 5.83. The summed E-state index contributed by atoms with van der Waals surface area (Å²) >= 11 is 1.40. The van der Waals surface area contributed by atoms with Gasteiger partial charge in [-0.2, -0.15) is 0 Å². The normalized spacial score (nSPS) is 17.4. The molecule has 1 fully saturated rings. The standard InChI is InChI=1S/C13H17F2NS/c1-2-17-13-10(3-4-11(14)12(13)15)9-5-7-16-8-6-9/h3-4,9,16H,2,5-8H2,1H3. The lowest BCUT2D eigenvalue weighted by atomic mass is 9.90. The Hall–Kier alpha value is -0.610. The van der Waals surface area contributed by atoms with Crippen LogP contribution in [0, 0.1) is 11.6 Å². The molecule has 0 aliphatic carbocycles. The van der Waals surface area contributed by atoms with Crippen LogP contribution >= 0.6 is 11.8 Å². The first-order valence-electron chi connectivity index (χ1n) is 6.05. The number of piperidine rings is 1. The summed E-state index contributed by atoms with van der Waals surface area (Å²) in [5, 5.41) is 3.29. The number of halogens is 2. The highest BCUT2D eigenvalue weighted by Gasteiger charge is 2.22. The summed E-state index contributed by atoms with van der Waals surface area (Å²) in [5.41, 5.74) is 0.984. The van der Waals surface area contributed by atoms with Crippen LogP contribution in [0.4, 0.5) is 8.78 Å². The Morgan fingerprint density at radius 1 is 1.29 bits per heavy atom. The van der Waals surface area contributed by atoms with Crippen molar-refractivity contribution in [2.24, 2.45) is 0 Å². The van der Waals surface area contributed by atoms with Gasteiger partial charge in [0.25, 0.3) is 0 Å². The fourth-order valence-corrected chi connectivity index (χ4v) is 3.21. The zero-order chi connectivity index (χ0) is 12.3. The van der Waals surface area contributed by atoms with Crippen LogP contribution in [-0.4, -0.2) is 18.8 Å². The summed E-state index contributed by atoms with van der Waals surface area (Å²) < 4.78 is 27.0. The van der Waals surface area contributed by atoms with E-state index in [9.17, 15) is 8.78 Å². The molecule has 1 aromatic rings. The van der Waals surface area contributed by atoms with Gasteiger partial charge in [-0.25, -0.2) is 8.78 Å². The van der Waals surface area contributed by atoms with E-state index in [4.69, 9.17) is 0 Å². The minimum Gasteiger partial charge on any atom is -0.317 e. The van der Waals surface area contributed by atoms with Crippen LogP contribution in [0.3, 0.4) is 0 Å². The first-order chi connectivity index (χ1) is 8.24. The van der Waals surface area contributed by atoms with Gasteiger partial charge >= 0.3 is 0 Å². The molecule has 1 aliphatic rings. The van der Waals surface area contributed by atoms with Gasteiger partial charge in [0.1, 0.15) is 0 Å². The molecule has 0 saturated carbocycles. The minimum atomic E-state index is -0.737. The molecule has 1 nitrogen and oxygen atoms in total. The highest BCUT2D eigenvalue weighted by Crippen LogP contribution is 2.36. The number of thioether (sulfide) groups is 1. The maximum absolute atomic E-state index is 13.8. The largest absolute Gasteiger partial charge is 0.317 e. The Morgan fingerprint density at radius 2 is 2.00 bits per heavy atom. The molecule has 1 aromatic carbocycles. The van der Waals surface area contributed by atoms with Crippen LogP contribution in [-0.2, 0) is 0 Å². The summed E-state index contributed by atoms with van der Waals surface area (Å²) in [7, 11) is 0. The lowest BCUT2D eigenvalue weighted by Gasteiger charge is -2.25. The molecule has 1 N–H and O–H groups in total. The van der Waals surface area contributed by atoms with Crippen molar-refractivity contribution in [3.05, 3.63) is 29.3 Å². The topological polar surface area (TPSA) is 12.0 Å². The van der Waals surface area contributed by atoms with Crippen LogP contribution < -0.4 is 5.32 Å². The van der Waals surface area contributed by atoms with Crippen molar-refractivity contribution in [3.63, 3.8) is 0 Å². The predicted octanol–water partition coefficient (Wildman–Crippen LogP) is 3.54. The fourth-order valence-electron chi connectivity index (χ4n) is 2.29. The van der Waals surface area contributed by atoms with Gasteiger partial charge in [0.15, 0.2) is 11.6 Å². The van der Waals surface area contributed by atoms with Crippen LogP contribution in [0.25, 0.3) is 0 Å². The fraction of sp³-hybridized carbons (Fsp3) is 0.538. The molecule has 0 radical (unpaired) electrons.